The summed E-state index contributed by atoms with van der Waals surface area (Å²) in [6.07, 6.45) is 1.82. The average Bonchev–Trinajstić information content (AvgIpc) is 2.42. The van der Waals surface area contributed by atoms with Crippen molar-refractivity contribution in [3.8, 4) is 11.8 Å². The molecule has 4 heteroatoms. The van der Waals surface area contributed by atoms with E-state index in [0.29, 0.717) is 6.01 Å². The summed E-state index contributed by atoms with van der Waals surface area (Å²) in [5, 5.41) is 3.27. The quantitative estimate of drug-likeness (QED) is 0.906. The lowest BCUT2D eigenvalue weighted by atomic mass is 10.1. The van der Waals surface area contributed by atoms with E-state index in [4.69, 9.17) is 4.74 Å². The number of nitrogens with zero attached hydrogens (tertiary/aromatic N) is 2. The number of benzene rings is 1. The first-order chi connectivity index (χ1) is 9.60. The Kier molecular flexibility index (Phi) is 4.69. The van der Waals surface area contributed by atoms with E-state index in [-0.39, 0.29) is 0 Å². The van der Waals surface area contributed by atoms with Crippen LogP contribution in [0.5, 0.6) is 11.8 Å². The highest BCUT2D eigenvalue weighted by atomic mass is 16.5. The van der Waals surface area contributed by atoms with Gasteiger partial charge in [0, 0.05) is 24.0 Å². The van der Waals surface area contributed by atoms with E-state index in [1.807, 2.05) is 31.3 Å². The summed E-state index contributed by atoms with van der Waals surface area (Å²) in [6, 6.07) is 6.37. The molecular weight excluding hydrogens is 250 g/mol. The topological polar surface area (TPSA) is 47.0 Å². The summed E-state index contributed by atoms with van der Waals surface area (Å²) in [6.45, 7) is 9.91. The first-order valence-electron chi connectivity index (χ1n) is 6.88. The molecule has 0 aliphatic carbocycles. The Bertz CT molecular complexity index is 596. The second-order valence-corrected chi connectivity index (χ2v) is 4.89. The van der Waals surface area contributed by atoms with E-state index in [2.05, 4.69) is 36.1 Å². The van der Waals surface area contributed by atoms with E-state index >= 15 is 0 Å². The van der Waals surface area contributed by atoms with Crippen LogP contribution in [0.25, 0.3) is 0 Å². The predicted octanol–water partition coefficient (Wildman–Crippen LogP) is 3.30. The van der Waals surface area contributed by atoms with Crippen molar-refractivity contribution in [2.24, 2.45) is 0 Å². The molecule has 0 amide bonds. The fourth-order valence-corrected chi connectivity index (χ4v) is 1.84. The molecule has 0 spiro atoms. The van der Waals surface area contributed by atoms with Crippen LogP contribution in [0, 0.1) is 20.8 Å². The number of hydrogen-bond donors (Lipinski definition) is 1. The molecule has 1 aromatic carbocycles. The molecule has 2 rings (SSSR count). The van der Waals surface area contributed by atoms with Gasteiger partial charge in [-0.2, -0.15) is 4.98 Å². The minimum Gasteiger partial charge on any atom is -0.424 e. The van der Waals surface area contributed by atoms with Gasteiger partial charge in [0.15, 0.2) is 0 Å². The Morgan fingerprint density at radius 1 is 1.15 bits per heavy atom. The third-order valence-electron chi connectivity index (χ3n) is 3.31. The summed E-state index contributed by atoms with van der Waals surface area (Å²) >= 11 is 0. The van der Waals surface area contributed by atoms with E-state index in [0.717, 1.165) is 30.1 Å². The molecule has 1 heterocycles. The first-order valence-corrected chi connectivity index (χ1v) is 6.88. The van der Waals surface area contributed by atoms with Crippen LogP contribution in [0.1, 0.15) is 29.3 Å². The summed E-state index contributed by atoms with van der Waals surface area (Å²) in [4.78, 5) is 8.67. The van der Waals surface area contributed by atoms with Gasteiger partial charge in [-0.25, -0.2) is 4.98 Å². The molecule has 0 bridgehead atoms. The van der Waals surface area contributed by atoms with Crippen LogP contribution in [0.2, 0.25) is 0 Å². The van der Waals surface area contributed by atoms with Crippen molar-refractivity contribution in [1.29, 1.82) is 0 Å². The lowest BCUT2D eigenvalue weighted by Gasteiger charge is -2.09. The molecule has 0 unspecified atom stereocenters. The van der Waals surface area contributed by atoms with Crippen LogP contribution in [0.4, 0.5) is 0 Å². The van der Waals surface area contributed by atoms with Gasteiger partial charge in [0.25, 0.3) is 0 Å². The Labute approximate surface area is 120 Å². The van der Waals surface area contributed by atoms with Crippen LogP contribution in [0.15, 0.2) is 24.4 Å². The highest BCUT2D eigenvalue weighted by molar-refractivity contribution is 5.35. The number of nitrogens with one attached hydrogen (secondary N) is 1. The van der Waals surface area contributed by atoms with E-state index < -0.39 is 0 Å². The van der Waals surface area contributed by atoms with Crippen molar-refractivity contribution in [3.05, 3.63) is 46.8 Å². The summed E-state index contributed by atoms with van der Waals surface area (Å²) in [5.74, 6) is 0.770. The number of rotatable bonds is 5. The van der Waals surface area contributed by atoms with Crippen molar-refractivity contribution in [1.82, 2.24) is 15.3 Å². The molecule has 0 radical (unpaired) electrons. The van der Waals surface area contributed by atoms with Crippen molar-refractivity contribution in [2.75, 3.05) is 6.54 Å². The summed E-state index contributed by atoms with van der Waals surface area (Å²) < 4.78 is 5.71. The lowest BCUT2D eigenvalue weighted by Crippen LogP contribution is -2.13. The maximum absolute atomic E-state index is 5.71. The molecule has 106 valence electrons. The van der Waals surface area contributed by atoms with Crippen LogP contribution < -0.4 is 10.1 Å². The molecule has 0 aliphatic heterocycles. The van der Waals surface area contributed by atoms with Crippen LogP contribution in [-0.4, -0.2) is 16.5 Å². The maximum atomic E-state index is 5.71. The van der Waals surface area contributed by atoms with E-state index in [1.54, 1.807) is 0 Å². The average molecular weight is 271 g/mol. The number of aryl methyl sites for hydroxylation is 3. The van der Waals surface area contributed by atoms with Gasteiger partial charge in [0.2, 0.25) is 0 Å². The minimum atomic E-state index is 0.394. The second-order valence-electron chi connectivity index (χ2n) is 4.89. The number of hydrogen-bond acceptors (Lipinski definition) is 4. The van der Waals surface area contributed by atoms with E-state index in [1.165, 1.54) is 11.1 Å². The van der Waals surface area contributed by atoms with Crippen LogP contribution >= 0.6 is 0 Å². The molecule has 20 heavy (non-hydrogen) atoms. The van der Waals surface area contributed by atoms with Crippen molar-refractivity contribution < 1.29 is 4.74 Å². The van der Waals surface area contributed by atoms with Gasteiger partial charge < -0.3 is 10.1 Å². The zero-order valence-corrected chi connectivity index (χ0v) is 12.5. The summed E-state index contributed by atoms with van der Waals surface area (Å²) in [5.41, 5.74) is 4.48. The number of aromatic nitrogens is 2. The third kappa shape index (κ3) is 3.54. The maximum Gasteiger partial charge on any atom is 0.322 e. The molecule has 0 aliphatic rings. The Balaban J connectivity index is 2.13. The molecule has 0 saturated heterocycles. The zero-order chi connectivity index (χ0) is 14.5. The van der Waals surface area contributed by atoms with Crippen LogP contribution in [0.3, 0.4) is 0 Å². The van der Waals surface area contributed by atoms with E-state index in [9.17, 15) is 0 Å². The van der Waals surface area contributed by atoms with Crippen molar-refractivity contribution >= 4 is 0 Å². The van der Waals surface area contributed by atoms with Gasteiger partial charge in [-0.15, -0.1) is 0 Å². The zero-order valence-electron chi connectivity index (χ0n) is 12.5. The third-order valence-corrected chi connectivity index (χ3v) is 3.31. The van der Waals surface area contributed by atoms with Gasteiger partial charge >= 0.3 is 6.01 Å². The van der Waals surface area contributed by atoms with Gasteiger partial charge in [-0.1, -0.05) is 13.0 Å². The fourth-order valence-electron chi connectivity index (χ4n) is 1.84. The molecule has 2 aromatic rings. The van der Waals surface area contributed by atoms with Gasteiger partial charge in [0.05, 0.1) is 0 Å². The minimum absolute atomic E-state index is 0.394. The Hall–Kier alpha value is -1.94. The van der Waals surface area contributed by atoms with Gasteiger partial charge in [0.1, 0.15) is 5.75 Å². The predicted molar refractivity (Wildman–Crippen MR) is 80.1 cm³/mol. The largest absolute Gasteiger partial charge is 0.424 e. The molecule has 0 saturated carbocycles. The fraction of sp³-hybridized carbons (Fsp3) is 0.375. The van der Waals surface area contributed by atoms with Crippen LogP contribution in [-0.2, 0) is 6.54 Å². The standard InChI is InChI=1S/C16H21N3O/c1-5-17-9-14-10-18-16(19-13(14)4)20-15-7-6-11(2)12(3)8-15/h6-8,10,17H,5,9H2,1-4H3. The first kappa shape index (κ1) is 14.5. The highest BCUT2D eigenvalue weighted by Crippen LogP contribution is 2.21. The van der Waals surface area contributed by atoms with Crippen molar-refractivity contribution in [2.45, 2.75) is 34.2 Å². The molecule has 4 nitrogen and oxygen atoms in total. The normalized spacial score (nSPS) is 10.6. The molecule has 1 N–H and O–H groups in total. The Morgan fingerprint density at radius 2 is 1.95 bits per heavy atom. The lowest BCUT2D eigenvalue weighted by molar-refractivity contribution is 0.438. The SMILES string of the molecule is CCNCc1cnc(Oc2ccc(C)c(C)c2)nc1C. The smallest absolute Gasteiger partial charge is 0.322 e. The molecule has 1 aromatic heterocycles. The monoisotopic (exact) mass is 271 g/mol. The molecular formula is C16H21N3O. The summed E-state index contributed by atoms with van der Waals surface area (Å²) in [7, 11) is 0. The molecule has 0 atom stereocenters. The Morgan fingerprint density at radius 3 is 2.60 bits per heavy atom. The van der Waals surface area contributed by atoms with Gasteiger partial charge in [-0.3, -0.25) is 0 Å². The second kappa shape index (κ2) is 6.48. The number of ether oxygens (including phenoxy) is 1. The highest BCUT2D eigenvalue weighted by Gasteiger charge is 2.06. The molecule has 0 fully saturated rings. The van der Waals surface area contributed by atoms with Crippen molar-refractivity contribution in [3.63, 3.8) is 0 Å². The van der Waals surface area contributed by atoms with Gasteiger partial charge in [-0.05, 0) is 50.6 Å².